The maximum absolute atomic E-state index is 12.2. The molecule has 0 amide bonds. The number of carboxylic acids is 1. The molecule has 0 unspecified atom stereocenters. The van der Waals surface area contributed by atoms with Crippen LogP contribution in [0.3, 0.4) is 0 Å². The first-order valence-corrected chi connectivity index (χ1v) is 6.72. The number of hydrogen-bond acceptors (Lipinski definition) is 3. The zero-order chi connectivity index (χ0) is 16.1. The van der Waals surface area contributed by atoms with Crippen LogP contribution in [0.2, 0.25) is 0 Å². The van der Waals surface area contributed by atoms with E-state index >= 15 is 0 Å². The summed E-state index contributed by atoms with van der Waals surface area (Å²) in [4.78, 5) is 23.3. The molecule has 0 fully saturated rings. The van der Waals surface area contributed by atoms with Crippen LogP contribution in [-0.2, 0) is 0 Å². The third kappa shape index (κ3) is 3.41. The van der Waals surface area contributed by atoms with Gasteiger partial charge in [0.25, 0.3) is 0 Å². The third-order valence-corrected chi connectivity index (χ3v) is 3.27. The first-order valence-electron chi connectivity index (χ1n) is 6.72. The van der Waals surface area contributed by atoms with E-state index in [9.17, 15) is 9.59 Å². The summed E-state index contributed by atoms with van der Waals surface area (Å²) >= 11 is 0. The van der Waals surface area contributed by atoms with E-state index < -0.39 is 5.97 Å². The highest BCUT2D eigenvalue weighted by Crippen LogP contribution is 2.19. The molecule has 4 heteroatoms. The van der Waals surface area contributed by atoms with Crippen LogP contribution in [0.5, 0.6) is 5.75 Å². The van der Waals surface area contributed by atoms with Crippen LogP contribution >= 0.6 is 0 Å². The minimum absolute atomic E-state index is 0.00283. The van der Waals surface area contributed by atoms with Gasteiger partial charge in [-0.15, -0.1) is 0 Å². The maximum atomic E-state index is 12.2. The van der Waals surface area contributed by atoms with Gasteiger partial charge in [0.1, 0.15) is 5.75 Å². The number of benzene rings is 2. The van der Waals surface area contributed by atoms with Gasteiger partial charge in [-0.2, -0.15) is 0 Å². The molecule has 0 aliphatic carbocycles. The highest BCUT2D eigenvalue weighted by molar-refractivity contribution is 6.12. The summed E-state index contributed by atoms with van der Waals surface area (Å²) in [5.41, 5.74) is 1.99. The number of carbonyl (C=O) groups is 2. The van der Waals surface area contributed by atoms with Gasteiger partial charge in [-0.25, -0.2) is 4.79 Å². The summed E-state index contributed by atoms with van der Waals surface area (Å²) in [6.07, 6.45) is 3.04. The number of carboxylic acid groups (broad SMARTS) is 1. The summed E-state index contributed by atoms with van der Waals surface area (Å²) in [6.45, 7) is 1.91. The van der Waals surface area contributed by atoms with Gasteiger partial charge in [0.15, 0.2) is 5.78 Å². The fraction of sp³-hybridized carbons (Fsp3) is 0.111. The van der Waals surface area contributed by atoms with Gasteiger partial charge in [0.2, 0.25) is 0 Å². The average Bonchev–Trinajstić information content (AvgIpc) is 2.52. The van der Waals surface area contributed by atoms with Crippen LogP contribution in [0.15, 0.2) is 48.5 Å². The molecule has 0 atom stereocenters. The van der Waals surface area contributed by atoms with Crippen LogP contribution in [0, 0.1) is 6.92 Å². The Bertz CT molecular complexity index is 745. The van der Waals surface area contributed by atoms with E-state index in [0.29, 0.717) is 0 Å². The summed E-state index contributed by atoms with van der Waals surface area (Å²) < 4.78 is 5.18. The molecule has 0 saturated carbocycles. The average molecular weight is 296 g/mol. The minimum Gasteiger partial charge on any atom is -0.496 e. The number of aromatic carboxylic acids is 1. The first kappa shape index (κ1) is 15.5. The molecular formula is C18H16O4. The van der Waals surface area contributed by atoms with Crippen molar-refractivity contribution in [3.63, 3.8) is 0 Å². The van der Waals surface area contributed by atoms with Crippen LogP contribution in [-0.4, -0.2) is 24.0 Å². The molecule has 0 bridgehead atoms. The van der Waals surface area contributed by atoms with E-state index in [0.717, 1.165) is 16.9 Å². The van der Waals surface area contributed by atoms with Crippen LogP contribution in [0.1, 0.15) is 31.8 Å². The molecule has 22 heavy (non-hydrogen) atoms. The van der Waals surface area contributed by atoms with Gasteiger partial charge in [-0.1, -0.05) is 30.3 Å². The number of allylic oxidation sites excluding steroid dienone is 1. The van der Waals surface area contributed by atoms with Crippen molar-refractivity contribution >= 4 is 17.8 Å². The Morgan fingerprint density at radius 3 is 2.36 bits per heavy atom. The van der Waals surface area contributed by atoms with Gasteiger partial charge in [-0.3, -0.25) is 4.79 Å². The largest absolute Gasteiger partial charge is 0.496 e. The molecule has 0 aliphatic heterocycles. The number of ether oxygens (including phenoxy) is 1. The van der Waals surface area contributed by atoms with Crippen molar-refractivity contribution in [2.24, 2.45) is 0 Å². The van der Waals surface area contributed by atoms with Crippen LogP contribution in [0.4, 0.5) is 0 Å². The standard InChI is InChI=1S/C18H16O4/c1-12-11-13(8-10-17(12)22-2)7-9-16(19)14-5-3-4-6-15(14)18(20)21/h3-11H,1-2H3,(H,20,21). The molecule has 4 nitrogen and oxygen atoms in total. The van der Waals surface area contributed by atoms with Gasteiger partial charge < -0.3 is 9.84 Å². The number of aryl methyl sites for hydroxylation is 1. The molecule has 0 spiro atoms. The Hall–Kier alpha value is -2.88. The molecule has 0 saturated heterocycles. The smallest absolute Gasteiger partial charge is 0.336 e. The van der Waals surface area contributed by atoms with E-state index in [4.69, 9.17) is 9.84 Å². The van der Waals surface area contributed by atoms with E-state index in [1.54, 1.807) is 25.3 Å². The Balaban J connectivity index is 2.25. The van der Waals surface area contributed by atoms with Crippen molar-refractivity contribution in [2.75, 3.05) is 7.11 Å². The molecule has 0 heterocycles. The van der Waals surface area contributed by atoms with E-state index in [2.05, 4.69) is 0 Å². The number of rotatable bonds is 5. The normalized spacial score (nSPS) is 10.6. The predicted molar refractivity (Wildman–Crippen MR) is 84.5 cm³/mol. The minimum atomic E-state index is -1.11. The van der Waals surface area contributed by atoms with Crippen molar-refractivity contribution in [1.29, 1.82) is 0 Å². The van der Waals surface area contributed by atoms with Gasteiger partial charge in [0.05, 0.1) is 12.7 Å². The molecule has 0 aliphatic rings. The Morgan fingerprint density at radius 2 is 1.77 bits per heavy atom. The molecule has 112 valence electrons. The summed E-state index contributed by atoms with van der Waals surface area (Å²) in [6, 6.07) is 11.7. The van der Waals surface area contributed by atoms with Crippen molar-refractivity contribution in [1.82, 2.24) is 0 Å². The predicted octanol–water partition coefficient (Wildman–Crippen LogP) is 3.60. The van der Waals surface area contributed by atoms with Gasteiger partial charge >= 0.3 is 5.97 Å². The summed E-state index contributed by atoms with van der Waals surface area (Å²) in [5, 5.41) is 9.10. The molecule has 0 radical (unpaired) electrons. The van der Waals surface area contributed by atoms with E-state index in [1.807, 2.05) is 25.1 Å². The monoisotopic (exact) mass is 296 g/mol. The second-order valence-electron chi connectivity index (χ2n) is 4.78. The topological polar surface area (TPSA) is 63.6 Å². The lowest BCUT2D eigenvalue weighted by Crippen LogP contribution is -2.06. The van der Waals surface area contributed by atoms with E-state index in [-0.39, 0.29) is 16.9 Å². The Morgan fingerprint density at radius 1 is 1.09 bits per heavy atom. The Labute approximate surface area is 128 Å². The number of methoxy groups -OCH3 is 1. The van der Waals surface area contributed by atoms with Crippen molar-refractivity contribution < 1.29 is 19.4 Å². The molecular weight excluding hydrogens is 280 g/mol. The molecule has 0 aromatic heterocycles. The second-order valence-corrected chi connectivity index (χ2v) is 4.78. The lowest BCUT2D eigenvalue weighted by molar-refractivity contribution is 0.0693. The highest BCUT2D eigenvalue weighted by atomic mass is 16.5. The zero-order valence-electron chi connectivity index (χ0n) is 12.4. The fourth-order valence-electron chi connectivity index (χ4n) is 2.15. The third-order valence-electron chi connectivity index (χ3n) is 3.27. The SMILES string of the molecule is COc1ccc(C=CC(=O)c2ccccc2C(=O)O)cc1C. The number of hydrogen-bond donors (Lipinski definition) is 1. The number of ketones is 1. The number of carbonyl (C=O) groups excluding carboxylic acids is 1. The second kappa shape index (κ2) is 6.72. The van der Waals surface area contributed by atoms with Crippen molar-refractivity contribution in [2.45, 2.75) is 6.92 Å². The molecule has 2 aromatic rings. The molecule has 1 N–H and O–H groups in total. The van der Waals surface area contributed by atoms with Gasteiger partial charge in [0, 0.05) is 5.56 Å². The Kier molecular flexibility index (Phi) is 4.73. The van der Waals surface area contributed by atoms with Crippen molar-refractivity contribution in [3.8, 4) is 5.75 Å². The van der Waals surface area contributed by atoms with Gasteiger partial charge in [-0.05, 0) is 42.3 Å². The molecule has 2 aromatic carbocycles. The first-order chi connectivity index (χ1) is 10.5. The van der Waals surface area contributed by atoms with Crippen LogP contribution in [0.25, 0.3) is 6.08 Å². The van der Waals surface area contributed by atoms with Crippen LogP contribution < -0.4 is 4.74 Å². The highest BCUT2D eigenvalue weighted by Gasteiger charge is 2.13. The lowest BCUT2D eigenvalue weighted by Gasteiger charge is -2.05. The molecule has 2 rings (SSSR count). The fourth-order valence-corrected chi connectivity index (χ4v) is 2.15. The van der Waals surface area contributed by atoms with Crippen molar-refractivity contribution in [3.05, 3.63) is 70.8 Å². The van der Waals surface area contributed by atoms with E-state index in [1.165, 1.54) is 18.2 Å². The zero-order valence-corrected chi connectivity index (χ0v) is 12.4. The summed E-state index contributed by atoms with van der Waals surface area (Å²) in [7, 11) is 1.60. The quantitative estimate of drug-likeness (QED) is 0.676. The summed E-state index contributed by atoms with van der Waals surface area (Å²) in [5.74, 6) is -0.677. The lowest BCUT2D eigenvalue weighted by atomic mass is 10.0. The maximum Gasteiger partial charge on any atom is 0.336 e.